The molecule has 7 heteroatoms. The maximum absolute atomic E-state index is 13.2. The Morgan fingerprint density at radius 3 is 2.71 bits per heavy atom. The maximum atomic E-state index is 13.2. The van der Waals surface area contributed by atoms with Crippen molar-refractivity contribution < 1.29 is 9.90 Å². The van der Waals surface area contributed by atoms with Gasteiger partial charge < -0.3 is 19.1 Å². The molecule has 2 fully saturated rings. The molecule has 5 rings (SSSR count). The second-order valence-electron chi connectivity index (χ2n) is 8.70. The number of imidazole rings is 1. The highest BCUT2D eigenvalue weighted by molar-refractivity contribution is 5.85. The topological polar surface area (TPSA) is 80.4 Å². The zero-order valence-electron chi connectivity index (χ0n) is 16.2. The molecule has 148 valence electrons. The molecule has 0 unspecified atom stereocenters. The Balaban J connectivity index is 1.46. The first-order valence-electron chi connectivity index (χ1n) is 10.2. The van der Waals surface area contributed by atoms with E-state index in [4.69, 9.17) is 0 Å². The number of fused-ring (bicyclic) bond motifs is 4. The first kappa shape index (κ1) is 17.7. The van der Waals surface area contributed by atoms with Crippen molar-refractivity contribution in [3.8, 4) is 11.4 Å². The van der Waals surface area contributed by atoms with Crippen LogP contribution in [-0.2, 0) is 18.4 Å². The van der Waals surface area contributed by atoms with Gasteiger partial charge in [-0.2, -0.15) is 0 Å². The molecule has 28 heavy (non-hydrogen) atoms. The van der Waals surface area contributed by atoms with Crippen LogP contribution in [0, 0.1) is 5.92 Å². The third-order valence-electron chi connectivity index (χ3n) is 6.78. The Bertz CT molecular complexity index is 986. The van der Waals surface area contributed by atoms with Crippen molar-refractivity contribution in [1.82, 2.24) is 19.0 Å². The third kappa shape index (κ3) is 2.64. The molecular weight excluding hydrogens is 356 g/mol. The van der Waals surface area contributed by atoms with E-state index in [9.17, 15) is 14.7 Å². The van der Waals surface area contributed by atoms with Crippen LogP contribution < -0.4 is 5.56 Å². The van der Waals surface area contributed by atoms with Gasteiger partial charge in [0.1, 0.15) is 11.4 Å². The lowest BCUT2D eigenvalue weighted by atomic mass is 9.82. The summed E-state index contributed by atoms with van der Waals surface area (Å²) in [7, 11) is 1.89. The summed E-state index contributed by atoms with van der Waals surface area (Å²) in [5, 5.41) is 10.7. The first-order valence-corrected chi connectivity index (χ1v) is 10.2. The fraction of sp³-hybridized carbons (Fsp3) is 0.571. The highest BCUT2D eigenvalue weighted by Gasteiger charge is 2.45. The number of hydrogen-bond donors (Lipinski definition) is 1. The van der Waals surface area contributed by atoms with Crippen LogP contribution in [-0.4, -0.2) is 48.7 Å². The number of carbonyl (C=O) groups is 1. The Kier molecular flexibility index (Phi) is 3.98. The zero-order valence-corrected chi connectivity index (χ0v) is 16.2. The van der Waals surface area contributed by atoms with E-state index in [-0.39, 0.29) is 23.3 Å². The molecule has 1 saturated heterocycles. The smallest absolute Gasteiger partial charge is 0.261 e. The van der Waals surface area contributed by atoms with Crippen molar-refractivity contribution >= 4 is 5.91 Å². The average Bonchev–Trinajstić information content (AvgIpc) is 3.31. The third-order valence-corrected chi connectivity index (χ3v) is 6.78. The van der Waals surface area contributed by atoms with Gasteiger partial charge in [-0.1, -0.05) is 0 Å². The van der Waals surface area contributed by atoms with Gasteiger partial charge in [0.05, 0.1) is 5.56 Å². The standard InChI is InChI=1S/C21H26N4O3/c1-23-9-8-22-18(23)16-4-5-17-15-10-14(12-25(17)19(16)26)11-24(13-15)20(27)21(28)6-2-3-7-21/h4-5,8-9,14-15,28H,2-3,6-7,10-13H2,1H3/t14-,15+/m0/s1. The number of aromatic nitrogens is 3. The molecule has 1 saturated carbocycles. The zero-order chi connectivity index (χ0) is 19.5. The molecule has 0 aromatic carbocycles. The van der Waals surface area contributed by atoms with Crippen LogP contribution in [0.1, 0.15) is 43.7 Å². The van der Waals surface area contributed by atoms with E-state index in [1.54, 1.807) is 6.20 Å². The predicted molar refractivity (Wildman–Crippen MR) is 104 cm³/mol. The molecule has 7 nitrogen and oxygen atoms in total. The lowest BCUT2D eigenvalue weighted by Crippen LogP contribution is -2.55. The number of likely N-dealkylation sites (tertiary alicyclic amines) is 1. The minimum absolute atomic E-state index is 0.00398. The summed E-state index contributed by atoms with van der Waals surface area (Å²) in [6.45, 7) is 1.82. The van der Waals surface area contributed by atoms with Gasteiger partial charge in [-0.25, -0.2) is 4.98 Å². The van der Waals surface area contributed by atoms with Crippen molar-refractivity contribution in [1.29, 1.82) is 0 Å². The number of pyridine rings is 1. The summed E-state index contributed by atoms with van der Waals surface area (Å²) in [6.07, 6.45) is 7.49. The Hall–Kier alpha value is -2.41. The molecule has 2 atom stereocenters. The van der Waals surface area contributed by atoms with Crippen molar-refractivity contribution in [2.45, 2.75) is 50.2 Å². The summed E-state index contributed by atoms with van der Waals surface area (Å²) in [4.78, 5) is 32.3. The van der Waals surface area contributed by atoms with Gasteiger partial charge in [0.2, 0.25) is 0 Å². The molecule has 2 aliphatic heterocycles. The van der Waals surface area contributed by atoms with Crippen LogP contribution in [0.15, 0.2) is 29.3 Å². The number of aliphatic hydroxyl groups is 1. The van der Waals surface area contributed by atoms with Crippen LogP contribution >= 0.6 is 0 Å². The number of carbonyl (C=O) groups excluding carboxylic acids is 1. The first-order chi connectivity index (χ1) is 13.5. The molecule has 2 aromatic heterocycles. The van der Waals surface area contributed by atoms with Crippen LogP contribution in [0.3, 0.4) is 0 Å². The minimum Gasteiger partial charge on any atom is -0.380 e. The van der Waals surface area contributed by atoms with Crippen LogP contribution in [0.5, 0.6) is 0 Å². The van der Waals surface area contributed by atoms with Gasteiger partial charge in [0.25, 0.3) is 11.5 Å². The van der Waals surface area contributed by atoms with Gasteiger partial charge in [-0.15, -0.1) is 0 Å². The van der Waals surface area contributed by atoms with Gasteiger partial charge in [-0.3, -0.25) is 9.59 Å². The van der Waals surface area contributed by atoms with Gasteiger partial charge in [0, 0.05) is 50.7 Å². The SMILES string of the molecule is Cn1ccnc1-c1ccc2n(c1=O)C[C@H]1C[C@@H]2CN(C(=O)C2(O)CCCC2)C1. The minimum atomic E-state index is -1.17. The fourth-order valence-corrected chi connectivity index (χ4v) is 5.38. The molecule has 2 bridgehead atoms. The molecule has 0 spiro atoms. The molecule has 4 heterocycles. The van der Waals surface area contributed by atoms with E-state index in [1.165, 1.54) is 0 Å². The second kappa shape index (κ2) is 6.30. The van der Waals surface area contributed by atoms with E-state index in [0.717, 1.165) is 25.0 Å². The van der Waals surface area contributed by atoms with Crippen molar-refractivity contribution in [3.63, 3.8) is 0 Å². The second-order valence-corrected chi connectivity index (χ2v) is 8.70. The van der Waals surface area contributed by atoms with Crippen LogP contribution in [0.25, 0.3) is 11.4 Å². The quantitative estimate of drug-likeness (QED) is 0.854. The average molecular weight is 382 g/mol. The van der Waals surface area contributed by atoms with Gasteiger partial charge in [-0.05, 0) is 50.2 Å². The monoisotopic (exact) mass is 382 g/mol. The Morgan fingerprint density at radius 2 is 2.00 bits per heavy atom. The molecular formula is C21H26N4O3. The fourth-order valence-electron chi connectivity index (χ4n) is 5.38. The summed E-state index contributed by atoms with van der Waals surface area (Å²) in [5.74, 6) is 0.954. The molecule has 1 amide bonds. The Morgan fingerprint density at radius 1 is 1.21 bits per heavy atom. The van der Waals surface area contributed by atoms with E-state index in [1.807, 2.05) is 39.4 Å². The molecule has 2 aromatic rings. The lowest BCUT2D eigenvalue weighted by molar-refractivity contribution is -0.153. The van der Waals surface area contributed by atoms with Crippen molar-refractivity contribution in [3.05, 3.63) is 40.6 Å². The van der Waals surface area contributed by atoms with Gasteiger partial charge in [0.15, 0.2) is 0 Å². The number of rotatable bonds is 2. The molecule has 1 N–H and O–H groups in total. The van der Waals surface area contributed by atoms with E-state index in [2.05, 4.69) is 4.98 Å². The normalized spacial score (nSPS) is 25.6. The molecule has 0 radical (unpaired) electrons. The summed E-state index contributed by atoms with van der Waals surface area (Å²) >= 11 is 0. The molecule has 1 aliphatic carbocycles. The predicted octanol–water partition coefficient (Wildman–Crippen LogP) is 1.50. The highest BCUT2D eigenvalue weighted by atomic mass is 16.3. The number of amides is 1. The number of piperidine rings is 1. The van der Waals surface area contributed by atoms with Crippen LogP contribution in [0.2, 0.25) is 0 Å². The van der Waals surface area contributed by atoms with E-state index < -0.39 is 5.60 Å². The molecule has 3 aliphatic rings. The van der Waals surface area contributed by atoms with E-state index in [0.29, 0.717) is 43.9 Å². The van der Waals surface area contributed by atoms with Gasteiger partial charge >= 0.3 is 0 Å². The largest absolute Gasteiger partial charge is 0.380 e. The number of hydrogen-bond acceptors (Lipinski definition) is 4. The highest BCUT2D eigenvalue weighted by Crippen LogP contribution is 2.38. The summed E-state index contributed by atoms with van der Waals surface area (Å²) < 4.78 is 3.74. The Labute approximate surface area is 163 Å². The van der Waals surface area contributed by atoms with Crippen molar-refractivity contribution in [2.75, 3.05) is 13.1 Å². The summed E-state index contributed by atoms with van der Waals surface area (Å²) in [5.41, 5.74) is 0.433. The number of nitrogens with zero attached hydrogens (tertiary/aromatic N) is 4. The summed E-state index contributed by atoms with van der Waals surface area (Å²) in [6, 6.07) is 3.88. The maximum Gasteiger partial charge on any atom is 0.261 e. The van der Waals surface area contributed by atoms with Crippen molar-refractivity contribution in [2.24, 2.45) is 13.0 Å². The van der Waals surface area contributed by atoms with Crippen LogP contribution in [0.4, 0.5) is 0 Å². The number of aryl methyl sites for hydroxylation is 1. The van der Waals surface area contributed by atoms with E-state index >= 15 is 0 Å². The lowest BCUT2D eigenvalue weighted by Gasteiger charge is -2.44.